The summed E-state index contributed by atoms with van der Waals surface area (Å²) in [6.07, 6.45) is 4.29. The van der Waals surface area contributed by atoms with Crippen LogP contribution in [0.2, 0.25) is 0 Å². The molecule has 0 saturated carbocycles. The molecule has 0 spiro atoms. The van der Waals surface area contributed by atoms with Crippen molar-refractivity contribution in [3.63, 3.8) is 0 Å². The Kier molecular flexibility index (Phi) is 4.95. The summed E-state index contributed by atoms with van der Waals surface area (Å²) in [5.41, 5.74) is 1.26. The van der Waals surface area contributed by atoms with Gasteiger partial charge in [0.05, 0.1) is 6.61 Å². The van der Waals surface area contributed by atoms with Crippen molar-refractivity contribution in [3.05, 3.63) is 28.5 Å². The van der Waals surface area contributed by atoms with Crippen LogP contribution in [-0.2, 0) is 11.3 Å². The third-order valence-corrected chi connectivity index (χ3v) is 3.76. The molecule has 1 N–H and O–H groups in total. The van der Waals surface area contributed by atoms with E-state index < -0.39 is 0 Å². The number of nitrogens with one attached hydrogen (secondary N) is 1. The highest BCUT2D eigenvalue weighted by Gasteiger charge is 2.19. The van der Waals surface area contributed by atoms with Crippen molar-refractivity contribution in [1.82, 2.24) is 10.3 Å². The summed E-state index contributed by atoms with van der Waals surface area (Å²) < 4.78 is 6.41. The molecule has 1 aliphatic heterocycles. The molecule has 1 fully saturated rings. The number of aromatic nitrogens is 1. The van der Waals surface area contributed by atoms with Gasteiger partial charge < -0.3 is 10.1 Å². The van der Waals surface area contributed by atoms with Crippen LogP contribution < -0.4 is 5.32 Å². The molecule has 1 aromatic rings. The second kappa shape index (κ2) is 6.47. The zero-order valence-electron chi connectivity index (χ0n) is 10.2. The van der Waals surface area contributed by atoms with Gasteiger partial charge in [0.2, 0.25) is 0 Å². The molecule has 3 nitrogen and oxygen atoms in total. The number of nitrogens with zero attached hydrogens (tertiary/aromatic N) is 1. The summed E-state index contributed by atoms with van der Waals surface area (Å²) in [6, 6.07) is 4.60. The van der Waals surface area contributed by atoms with E-state index in [1.165, 1.54) is 18.4 Å². The normalized spacial score (nSPS) is 22.4. The Hall–Kier alpha value is -0.450. The molecule has 2 atom stereocenters. The lowest BCUT2D eigenvalue weighted by molar-refractivity contribution is 0.0417. The quantitative estimate of drug-likeness (QED) is 0.868. The third-order valence-electron chi connectivity index (χ3n) is 3.32. The Balaban J connectivity index is 1.80. The van der Waals surface area contributed by atoms with E-state index in [2.05, 4.69) is 39.2 Å². The highest BCUT2D eigenvalue weighted by atomic mass is 79.9. The highest BCUT2D eigenvalue weighted by molar-refractivity contribution is 9.10. The topological polar surface area (TPSA) is 34.2 Å². The first-order valence-electron chi connectivity index (χ1n) is 6.17. The first-order valence-corrected chi connectivity index (χ1v) is 6.96. The molecule has 94 valence electrons. The fourth-order valence-corrected chi connectivity index (χ4v) is 2.57. The van der Waals surface area contributed by atoms with Gasteiger partial charge >= 0.3 is 0 Å². The average molecular weight is 299 g/mol. The molecule has 1 saturated heterocycles. The van der Waals surface area contributed by atoms with Gasteiger partial charge in [-0.25, -0.2) is 4.98 Å². The van der Waals surface area contributed by atoms with Crippen molar-refractivity contribution in [2.75, 3.05) is 13.2 Å². The van der Waals surface area contributed by atoms with Gasteiger partial charge in [-0.2, -0.15) is 0 Å². The first kappa shape index (κ1) is 13.0. The Morgan fingerprint density at radius 3 is 3.24 bits per heavy atom. The predicted molar refractivity (Wildman–Crippen MR) is 71.8 cm³/mol. The van der Waals surface area contributed by atoms with Crippen molar-refractivity contribution >= 4 is 15.9 Å². The zero-order valence-corrected chi connectivity index (χ0v) is 11.7. The van der Waals surface area contributed by atoms with Crippen LogP contribution in [0, 0.1) is 5.92 Å². The Labute approximate surface area is 111 Å². The minimum Gasteiger partial charge on any atom is -0.381 e. The van der Waals surface area contributed by atoms with E-state index in [0.717, 1.165) is 24.4 Å². The van der Waals surface area contributed by atoms with Gasteiger partial charge in [0.15, 0.2) is 0 Å². The van der Waals surface area contributed by atoms with Crippen molar-refractivity contribution in [2.24, 2.45) is 5.92 Å². The summed E-state index contributed by atoms with van der Waals surface area (Å²) in [5.74, 6) is 0.647. The van der Waals surface area contributed by atoms with E-state index in [0.29, 0.717) is 12.0 Å². The van der Waals surface area contributed by atoms with Crippen molar-refractivity contribution in [1.29, 1.82) is 0 Å². The molecule has 0 amide bonds. The maximum Gasteiger partial charge on any atom is 0.106 e. The molecule has 0 aliphatic carbocycles. The Morgan fingerprint density at radius 1 is 1.65 bits per heavy atom. The second-order valence-corrected chi connectivity index (χ2v) is 5.45. The standard InChI is InChI=1S/C13H19BrN2O/c1-10(12-3-2-6-17-9-12)16-8-11-4-5-15-13(14)7-11/h4-5,7,10,12,16H,2-3,6,8-9H2,1H3/t10-,12-/m0/s1. The zero-order chi connectivity index (χ0) is 12.1. The number of hydrogen-bond acceptors (Lipinski definition) is 3. The summed E-state index contributed by atoms with van der Waals surface area (Å²) in [7, 11) is 0. The Bertz CT molecular complexity index is 353. The van der Waals surface area contributed by atoms with Crippen LogP contribution in [0.3, 0.4) is 0 Å². The molecule has 1 aromatic heterocycles. The molecule has 2 heterocycles. The third kappa shape index (κ3) is 4.05. The van der Waals surface area contributed by atoms with Crippen molar-refractivity contribution in [3.8, 4) is 0 Å². The van der Waals surface area contributed by atoms with E-state index in [1.807, 2.05) is 12.3 Å². The molecular formula is C13H19BrN2O. The van der Waals surface area contributed by atoms with Crippen molar-refractivity contribution in [2.45, 2.75) is 32.4 Å². The molecule has 4 heteroatoms. The fraction of sp³-hybridized carbons (Fsp3) is 0.615. The number of pyridine rings is 1. The molecule has 0 radical (unpaired) electrons. The summed E-state index contributed by atoms with van der Waals surface area (Å²) in [6.45, 7) is 4.96. The van der Waals surface area contributed by atoms with Gasteiger partial charge in [-0.1, -0.05) is 0 Å². The summed E-state index contributed by atoms with van der Waals surface area (Å²) in [4.78, 5) is 4.13. The van der Waals surface area contributed by atoms with Crippen LogP contribution in [0.5, 0.6) is 0 Å². The lowest BCUT2D eigenvalue weighted by Gasteiger charge is -2.28. The van der Waals surface area contributed by atoms with Crippen LogP contribution in [0.4, 0.5) is 0 Å². The van der Waals surface area contributed by atoms with Gasteiger partial charge in [-0.15, -0.1) is 0 Å². The van der Waals surface area contributed by atoms with Crippen molar-refractivity contribution < 1.29 is 4.74 Å². The van der Waals surface area contributed by atoms with E-state index in [1.54, 1.807) is 0 Å². The van der Waals surface area contributed by atoms with Crippen LogP contribution in [0.1, 0.15) is 25.3 Å². The van der Waals surface area contributed by atoms with Gasteiger partial charge in [0.1, 0.15) is 4.60 Å². The minimum atomic E-state index is 0.502. The monoisotopic (exact) mass is 298 g/mol. The minimum absolute atomic E-state index is 0.502. The molecule has 17 heavy (non-hydrogen) atoms. The number of hydrogen-bond donors (Lipinski definition) is 1. The SMILES string of the molecule is C[C@H](NCc1ccnc(Br)c1)[C@H]1CCCOC1. The fourth-order valence-electron chi connectivity index (χ4n) is 2.16. The number of halogens is 1. The first-order chi connectivity index (χ1) is 8.25. The molecule has 0 bridgehead atoms. The predicted octanol–water partition coefficient (Wildman–Crippen LogP) is 2.75. The van der Waals surface area contributed by atoms with E-state index in [-0.39, 0.29) is 0 Å². The lowest BCUT2D eigenvalue weighted by atomic mass is 9.95. The van der Waals surface area contributed by atoms with Crippen LogP contribution in [0.25, 0.3) is 0 Å². The van der Waals surface area contributed by atoms with Gasteiger partial charge in [0.25, 0.3) is 0 Å². The number of ether oxygens (including phenoxy) is 1. The summed E-state index contributed by atoms with van der Waals surface area (Å²) >= 11 is 3.39. The maximum atomic E-state index is 5.52. The van der Waals surface area contributed by atoms with E-state index in [4.69, 9.17) is 4.74 Å². The van der Waals surface area contributed by atoms with Gasteiger partial charge in [-0.3, -0.25) is 0 Å². The largest absolute Gasteiger partial charge is 0.381 e. The average Bonchev–Trinajstić information content (AvgIpc) is 2.37. The van der Waals surface area contributed by atoms with Crippen LogP contribution in [-0.4, -0.2) is 24.2 Å². The lowest BCUT2D eigenvalue weighted by Crippen LogP contribution is -2.37. The molecule has 2 rings (SSSR count). The molecule has 0 aromatic carbocycles. The highest BCUT2D eigenvalue weighted by Crippen LogP contribution is 2.17. The van der Waals surface area contributed by atoms with E-state index in [9.17, 15) is 0 Å². The molecular weight excluding hydrogens is 280 g/mol. The van der Waals surface area contributed by atoms with Gasteiger partial charge in [-0.05, 0) is 59.3 Å². The van der Waals surface area contributed by atoms with E-state index >= 15 is 0 Å². The Morgan fingerprint density at radius 2 is 2.53 bits per heavy atom. The molecule has 0 unspecified atom stereocenters. The van der Waals surface area contributed by atoms with Gasteiger partial charge in [0, 0.05) is 25.4 Å². The number of rotatable bonds is 4. The van der Waals surface area contributed by atoms with Crippen LogP contribution in [0.15, 0.2) is 22.9 Å². The molecule has 1 aliphatic rings. The van der Waals surface area contributed by atoms with Crippen LogP contribution >= 0.6 is 15.9 Å². The maximum absolute atomic E-state index is 5.52. The summed E-state index contributed by atoms with van der Waals surface area (Å²) in [5, 5.41) is 3.57. The second-order valence-electron chi connectivity index (χ2n) is 4.63. The smallest absolute Gasteiger partial charge is 0.106 e.